The van der Waals surface area contributed by atoms with Gasteiger partial charge < -0.3 is 15.0 Å². The van der Waals surface area contributed by atoms with Crippen LogP contribution in [0.1, 0.15) is 51.9 Å². The average Bonchev–Trinajstić information content (AvgIpc) is 3.17. The first-order valence-electron chi connectivity index (χ1n) is 8.79. The molecule has 0 saturated heterocycles. The van der Waals surface area contributed by atoms with Crippen molar-refractivity contribution >= 4 is 0 Å². The van der Waals surface area contributed by atoms with Crippen molar-refractivity contribution in [1.82, 2.24) is 10.2 Å². The molecular formula is C17H34N2O. The van der Waals surface area contributed by atoms with Crippen LogP contribution >= 0.6 is 0 Å². The van der Waals surface area contributed by atoms with E-state index in [1.807, 2.05) is 0 Å². The first kappa shape index (κ1) is 16.3. The van der Waals surface area contributed by atoms with Crippen LogP contribution in [-0.4, -0.2) is 50.8 Å². The monoisotopic (exact) mass is 282 g/mol. The predicted octanol–water partition coefficient (Wildman–Crippen LogP) is 2.90. The Labute approximate surface area is 125 Å². The summed E-state index contributed by atoms with van der Waals surface area (Å²) in [5, 5.41) is 3.73. The zero-order valence-corrected chi connectivity index (χ0v) is 13.6. The van der Waals surface area contributed by atoms with Gasteiger partial charge in [-0.15, -0.1) is 0 Å². The van der Waals surface area contributed by atoms with Crippen molar-refractivity contribution in [1.29, 1.82) is 0 Å². The van der Waals surface area contributed by atoms with Crippen molar-refractivity contribution in [3.05, 3.63) is 0 Å². The van der Waals surface area contributed by atoms with Gasteiger partial charge in [0.25, 0.3) is 0 Å². The lowest BCUT2D eigenvalue weighted by molar-refractivity contribution is 0.101. The smallest absolute Gasteiger partial charge is 0.0593 e. The second kappa shape index (κ2) is 9.01. The van der Waals surface area contributed by atoms with E-state index in [0.717, 1.165) is 37.6 Å². The molecule has 0 aliphatic heterocycles. The Morgan fingerprint density at radius 2 is 2.00 bits per heavy atom. The number of ether oxygens (including phenoxy) is 1. The van der Waals surface area contributed by atoms with Gasteiger partial charge in [-0.2, -0.15) is 0 Å². The Bertz CT molecular complexity index is 255. The van der Waals surface area contributed by atoms with Crippen molar-refractivity contribution in [2.24, 2.45) is 11.8 Å². The second-order valence-corrected chi connectivity index (χ2v) is 6.86. The largest absolute Gasteiger partial charge is 0.380 e. The molecule has 0 spiro atoms. The normalized spacial score (nSPS) is 26.6. The van der Waals surface area contributed by atoms with Crippen molar-refractivity contribution in [2.45, 2.75) is 57.9 Å². The molecule has 0 amide bonds. The minimum Gasteiger partial charge on any atom is -0.380 e. The summed E-state index contributed by atoms with van der Waals surface area (Å²) in [5.41, 5.74) is 0. The predicted molar refractivity (Wildman–Crippen MR) is 85.1 cm³/mol. The number of hydrogen-bond acceptors (Lipinski definition) is 3. The van der Waals surface area contributed by atoms with Gasteiger partial charge in [0.15, 0.2) is 0 Å². The summed E-state index contributed by atoms with van der Waals surface area (Å²) in [4.78, 5) is 2.45. The Hall–Kier alpha value is -0.120. The molecule has 0 aromatic rings. The molecule has 118 valence electrons. The molecule has 2 unspecified atom stereocenters. The summed E-state index contributed by atoms with van der Waals surface area (Å²) in [6.07, 6.45) is 9.61. The zero-order valence-electron chi connectivity index (χ0n) is 13.6. The molecule has 0 heterocycles. The molecule has 2 aliphatic carbocycles. The molecule has 20 heavy (non-hydrogen) atoms. The third kappa shape index (κ3) is 6.11. The van der Waals surface area contributed by atoms with E-state index in [-0.39, 0.29) is 0 Å². The molecule has 2 rings (SSSR count). The lowest BCUT2D eigenvalue weighted by Crippen LogP contribution is -2.35. The van der Waals surface area contributed by atoms with Gasteiger partial charge in [-0.05, 0) is 70.5 Å². The molecule has 2 saturated carbocycles. The van der Waals surface area contributed by atoms with Crippen molar-refractivity contribution in [3.63, 3.8) is 0 Å². The minimum absolute atomic E-state index is 0.787. The molecule has 2 aliphatic rings. The fourth-order valence-corrected chi connectivity index (χ4v) is 3.23. The molecular weight excluding hydrogens is 248 g/mol. The van der Waals surface area contributed by atoms with Crippen LogP contribution in [0.5, 0.6) is 0 Å². The first-order chi connectivity index (χ1) is 9.79. The molecule has 0 radical (unpaired) electrons. The Balaban J connectivity index is 1.51. The lowest BCUT2D eigenvalue weighted by atomic mass is 9.99. The highest BCUT2D eigenvalue weighted by atomic mass is 16.5. The standard InChI is InChI=1S/C17H34N2O/c1-3-10-18-17-6-4-5-16(17)9-11-19(2)12-13-20-14-15-7-8-15/h15-18H,3-14H2,1-2H3. The highest BCUT2D eigenvalue weighted by Gasteiger charge is 2.26. The van der Waals surface area contributed by atoms with Gasteiger partial charge in [0.2, 0.25) is 0 Å². The molecule has 2 atom stereocenters. The van der Waals surface area contributed by atoms with Crippen LogP contribution in [0, 0.1) is 11.8 Å². The summed E-state index contributed by atoms with van der Waals surface area (Å²) in [6, 6.07) is 0.787. The van der Waals surface area contributed by atoms with Crippen LogP contribution < -0.4 is 5.32 Å². The Morgan fingerprint density at radius 1 is 1.15 bits per heavy atom. The fourth-order valence-electron chi connectivity index (χ4n) is 3.23. The number of likely N-dealkylation sites (N-methyl/N-ethyl adjacent to an activating group) is 1. The third-order valence-corrected chi connectivity index (χ3v) is 4.87. The van der Waals surface area contributed by atoms with Gasteiger partial charge in [-0.25, -0.2) is 0 Å². The average molecular weight is 282 g/mol. The van der Waals surface area contributed by atoms with Gasteiger partial charge in [-0.3, -0.25) is 0 Å². The molecule has 3 nitrogen and oxygen atoms in total. The van der Waals surface area contributed by atoms with Crippen LogP contribution in [0.3, 0.4) is 0 Å². The van der Waals surface area contributed by atoms with E-state index < -0.39 is 0 Å². The van der Waals surface area contributed by atoms with Gasteiger partial charge in [-0.1, -0.05) is 13.3 Å². The van der Waals surface area contributed by atoms with Crippen LogP contribution in [0.2, 0.25) is 0 Å². The minimum atomic E-state index is 0.787. The van der Waals surface area contributed by atoms with E-state index in [4.69, 9.17) is 4.74 Å². The molecule has 0 bridgehead atoms. The maximum atomic E-state index is 5.72. The van der Waals surface area contributed by atoms with Crippen molar-refractivity contribution in [3.8, 4) is 0 Å². The van der Waals surface area contributed by atoms with Crippen LogP contribution in [0.15, 0.2) is 0 Å². The van der Waals surface area contributed by atoms with Gasteiger partial charge in [0, 0.05) is 19.2 Å². The van der Waals surface area contributed by atoms with E-state index in [2.05, 4.69) is 24.2 Å². The maximum Gasteiger partial charge on any atom is 0.0593 e. The molecule has 0 aromatic carbocycles. The van der Waals surface area contributed by atoms with Crippen LogP contribution in [0.4, 0.5) is 0 Å². The quantitative estimate of drug-likeness (QED) is 0.590. The van der Waals surface area contributed by atoms with Crippen molar-refractivity contribution in [2.75, 3.05) is 39.9 Å². The highest BCUT2D eigenvalue weighted by Crippen LogP contribution is 2.29. The van der Waals surface area contributed by atoms with Gasteiger partial charge >= 0.3 is 0 Å². The molecule has 0 aromatic heterocycles. The van der Waals surface area contributed by atoms with E-state index in [1.54, 1.807) is 0 Å². The molecule has 2 fully saturated rings. The van der Waals surface area contributed by atoms with Crippen LogP contribution in [0.25, 0.3) is 0 Å². The Morgan fingerprint density at radius 3 is 2.75 bits per heavy atom. The summed E-state index contributed by atoms with van der Waals surface area (Å²) in [6.45, 7) is 7.67. The van der Waals surface area contributed by atoms with Crippen LogP contribution in [-0.2, 0) is 4.74 Å². The van der Waals surface area contributed by atoms with E-state index in [1.165, 1.54) is 58.0 Å². The number of rotatable bonds is 11. The second-order valence-electron chi connectivity index (χ2n) is 6.86. The summed E-state index contributed by atoms with van der Waals surface area (Å²) < 4.78 is 5.72. The third-order valence-electron chi connectivity index (χ3n) is 4.87. The van der Waals surface area contributed by atoms with E-state index in [9.17, 15) is 0 Å². The highest BCUT2D eigenvalue weighted by molar-refractivity contribution is 4.83. The summed E-state index contributed by atoms with van der Waals surface area (Å²) in [5.74, 6) is 1.79. The zero-order chi connectivity index (χ0) is 14.2. The summed E-state index contributed by atoms with van der Waals surface area (Å²) in [7, 11) is 2.24. The topological polar surface area (TPSA) is 24.5 Å². The fraction of sp³-hybridized carbons (Fsp3) is 1.00. The molecule has 3 heteroatoms. The number of nitrogens with one attached hydrogen (secondary N) is 1. The maximum absolute atomic E-state index is 5.72. The van der Waals surface area contributed by atoms with Crippen molar-refractivity contribution < 1.29 is 4.74 Å². The SMILES string of the molecule is CCCNC1CCCC1CCN(C)CCOCC1CC1. The lowest BCUT2D eigenvalue weighted by Gasteiger charge is -2.24. The van der Waals surface area contributed by atoms with E-state index >= 15 is 0 Å². The van der Waals surface area contributed by atoms with Gasteiger partial charge in [0.1, 0.15) is 0 Å². The van der Waals surface area contributed by atoms with Gasteiger partial charge in [0.05, 0.1) is 6.61 Å². The number of hydrogen-bond donors (Lipinski definition) is 1. The Kier molecular flexibility index (Phi) is 7.32. The molecule has 1 N–H and O–H groups in total. The summed E-state index contributed by atoms with van der Waals surface area (Å²) >= 11 is 0. The number of nitrogens with zero attached hydrogens (tertiary/aromatic N) is 1. The van der Waals surface area contributed by atoms with E-state index in [0.29, 0.717) is 0 Å². The first-order valence-corrected chi connectivity index (χ1v) is 8.79.